The minimum Gasteiger partial charge on any atom is -0.748 e. The number of nitrogens with zero attached hydrogens (tertiary/aromatic N) is 6. The second-order valence-corrected chi connectivity index (χ2v) is 23.3. The van der Waals surface area contributed by atoms with Crippen molar-refractivity contribution in [2.75, 3.05) is 29.5 Å². The number of anilines is 1. The summed E-state index contributed by atoms with van der Waals surface area (Å²) in [5, 5.41) is 18.8. The van der Waals surface area contributed by atoms with Crippen molar-refractivity contribution >= 4 is 63.5 Å². The molecule has 0 saturated heterocycles. The molecule has 69 heavy (non-hydrogen) atoms. The third-order valence-electron chi connectivity index (χ3n) is 12.1. The first-order valence-electron chi connectivity index (χ1n) is 21.7. The number of aryl methyl sites for hydroxylation is 1. The Morgan fingerprint density at radius 1 is 0.754 bits per heavy atom. The molecule has 0 bridgehead atoms. The lowest BCUT2D eigenvalue weighted by atomic mass is 9.77. The topological polar surface area (TPSA) is 310 Å². The molecule has 0 radical (unpaired) electrons. The van der Waals surface area contributed by atoms with Gasteiger partial charge >= 0.3 is 0 Å². The van der Waals surface area contributed by atoms with Gasteiger partial charge in [0, 0.05) is 77.5 Å². The minimum atomic E-state index is -4.66. The molecular weight excluding hydrogens is 975 g/mol. The first-order valence-corrected chi connectivity index (χ1v) is 27.7. The quantitative estimate of drug-likeness (QED) is 0.0443. The molecule has 2 aliphatic heterocycles. The Balaban J connectivity index is 1.26. The highest BCUT2D eigenvalue weighted by molar-refractivity contribution is 7.86. The standard InChI is InChI=1S/C45H53N7O13S4/c1-31-47-49-43(50-48-31)33-17-15-32(16-18-33)30-46-42(53)14-8-9-23-45(4)37-29-35(69(63,64)65)20-22-39(37)52(25-11-27-67(57,58)59)41(45)13-7-5-6-12-40-44(2,3)36-28-34(68(60,61)62)19-21-38(36)51(40)24-10-26-66(54,55)56/h5-7,12-13,15-22,28-29H,8-11,14,23-27,30H2,1-4H3,(H4-,46,53,54,55,56,57,58,59,60,61,62,63,64,65)/p-1. The van der Waals surface area contributed by atoms with Crippen molar-refractivity contribution in [1.29, 1.82) is 0 Å². The first kappa shape index (κ1) is 52.8. The summed E-state index contributed by atoms with van der Waals surface area (Å²) >= 11 is 0. The molecule has 0 saturated carbocycles. The number of hydrogen-bond acceptors (Lipinski definition) is 16. The number of unbranched alkanes of at least 4 members (excludes halogenated alkanes) is 1. The summed E-state index contributed by atoms with van der Waals surface area (Å²) in [6.45, 7) is 7.58. The maximum absolute atomic E-state index is 13.0. The van der Waals surface area contributed by atoms with E-state index in [-0.39, 0.29) is 54.6 Å². The minimum absolute atomic E-state index is 0.0374. The second-order valence-electron chi connectivity index (χ2n) is 17.4. The van der Waals surface area contributed by atoms with E-state index in [1.54, 1.807) is 58.9 Å². The third-order valence-corrected chi connectivity index (χ3v) is 15.3. The molecule has 0 spiro atoms. The van der Waals surface area contributed by atoms with Crippen LogP contribution in [0, 0.1) is 6.92 Å². The highest BCUT2D eigenvalue weighted by Crippen LogP contribution is 2.51. The predicted molar refractivity (Wildman–Crippen MR) is 253 cm³/mol. The molecule has 0 fully saturated rings. The molecule has 370 valence electrons. The number of hydrogen-bond donors (Lipinski definition) is 3. The fourth-order valence-corrected chi connectivity index (χ4v) is 10.6. The van der Waals surface area contributed by atoms with Gasteiger partial charge in [0.25, 0.3) is 20.2 Å². The summed E-state index contributed by atoms with van der Waals surface area (Å²) in [5.41, 5.74) is 3.03. The number of fused-ring (bicyclic) bond motifs is 2. The zero-order valence-electron chi connectivity index (χ0n) is 38.1. The van der Waals surface area contributed by atoms with Crippen LogP contribution in [0.3, 0.4) is 0 Å². The van der Waals surface area contributed by atoms with Gasteiger partial charge < -0.3 is 19.3 Å². The SMILES string of the molecule is Cc1nnc(-c2ccc(CNC(=O)CCCCC3(C)C(=CC=CC=CC4=[N+](CCCS(=O)(=O)[O-])c5ccc(S(=O)(=O)O)cc5C4(C)C)N(CCCS(=O)(=O)[O-])c4ccc(S(=O)(=O)O)cc43)cc2)nn1. The number of allylic oxidation sites excluding steroid dienone is 6. The molecular formula is C45H52N7O13S4-. The number of carbonyl (C=O) groups is 1. The molecule has 3 heterocycles. The number of benzene rings is 3. The zero-order valence-corrected chi connectivity index (χ0v) is 41.4. The van der Waals surface area contributed by atoms with Crippen molar-refractivity contribution in [3.8, 4) is 11.4 Å². The fourth-order valence-electron chi connectivity index (χ4n) is 8.63. The smallest absolute Gasteiger partial charge is 0.294 e. The van der Waals surface area contributed by atoms with E-state index in [0.717, 1.165) is 5.56 Å². The average Bonchev–Trinajstić information content (AvgIpc) is 3.61. The van der Waals surface area contributed by atoms with Crippen molar-refractivity contribution < 1.29 is 61.3 Å². The maximum atomic E-state index is 13.0. The van der Waals surface area contributed by atoms with E-state index in [4.69, 9.17) is 0 Å². The van der Waals surface area contributed by atoms with Crippen molar-refractivity contribution in [2.45, 2.75) is 93.4 Å². The van der Waals surface area contributed by atoms with Crippen LogP contribution in [0.15, 0.2) is 107 Å². The van der Waals surface area contributed by atoms with Crippen molar-refractivity contribution in [2.24, 2.45) is 0 Å². The molecule has 3 N–H and O–H groups in total. The van der Waals surface area contributed by atoms with Crippen LogP contribution in [0.1, 0.15) is 81.8 Å². The molecule has 0 aliphatic carbocycles. The number of rotatable bonds is 21. The van der Waals surface area contributed by atoms with Crippen molar-refractivity contribution in [3.63, 3.8) is 0 Å². The number of amides is 1. The lowest BCUT2D eigenvalue weighted by Gasteiger charge is -2.30. The molecule has 2 aliphatic rings. The van der Waals surface area contributed by atoms with Crippen LogP contribution >= 0.6 is 0 Å². The van der Waals surface area contributed by atoms with Gasteiger partial charge in [0.2, 0.25) is 17.4 Å². The molecule has 20 nitrogen and oxygen atoms in total. The van der Waals surface area contributed by atoms with Gasteiger partial charge in [0.1, 0.15) is 6.54 Å². The Bertz CT molecular complexity index is 3190. The van der Waals surface area contributed by atoms with Gasteiger partial charge in [-0.05, 0) is 94.5 Å². The van der Waals surface area contributed by atoms with Gasteiger partial charge in [0.05, 0.1) is 35.4 Å². The van der Waals surface area contributed by atoms with Gasteiger partial charge in [-0.15, -0.1) is 20.4 Å². The van der Waals surface area contributed by atoms with Gasteiger partial charge in [-0.1, -0.05) is 48.9 Å². The Labute approximate surface area is 402 Å². The van der Waals surface area contributed by atoms with Gasteiger partial charge in [-0.25, -0.2) is 16.8 Å². The van der Waals surface area contributed by atoms with Crippen molar-refractivity contribution in [1.82, 2.24) is 25.7 Å². The molecule has 1 amide bonds. The summed E-state index contributed by atoms with van der Waals surface area (Å²) in [6.07, 6.45) is 9.87. The molecule has 4 aromatic rings. The summed E-state index contributed by atoms with van der Waals surface area (Å²) in [4.78, 5) is 14.1. The average molecular weight is 1030 g/mol. The van der Waals surface area contributed by atoms with Crippen LogP contribution in [-0.2, 0) is 62.6 Å². The largest absolute Gasteiger partial charge is 0.748 e. The van der Waals surface area contributed by atoms with Crippen LogP contribution in [0.2, 0.25) is 0 Å². The van der Waals surface area contributed by atoms with Crippen LogP contribution in [-0.4, -0.2) is 113 Å². The van der Waals surface area contributed by atoms with E-state index in [9.17, 15) is 56.7 Å². The molecule has 1 unspecified atom stereocenters. The summed E-state index contributed by atoms with van der Waals surface area (Å²) in [5.74, 6) is -0.695. The predicted octanol–water partition coefficient (Wildman–Crippen LogP) is 4.63. The molecule has 3 aromatic carbocycles. The third kappa shape index (κ3) is 13.2. The lowest BCUT2D eigenvalue weighted by molar-refractivity contribution is -0.437. The van der Waals surface area contributed by atoms with Gasteiger partial charge in [0.15, 0.2) is 11.5 Å². The van der Waals surface area contributed by atoms with Crippen LogP contribution in [0.4, 0.5) is 11.4 Å². The van der Waals surface area contributed by atoms with Crippen LogP contribution in [0.25, 0.3) is 11.4 Å². The number of aromatic nitrogens is 4. The lowest BCUT2D eigenvalue weighted by Crippen LogP contribution is -2.30. The normalized spacial score (nSPS) is 17.9. The second kappa shape index (κ2) is 20.8. The van der Waals surface area contributed by atoms with Crippen LogP contribution < -0.4 is 10.2 Å². The number of carbonyl (C=O) groups excluding carboxylic acids is 1. The Kier molecular flexibility index (Phi) is 15.9. The summed E-state index contributed by atoms with van der Waals surface area (Å²) in [6, 6.07) is 15.4. The van der Waals surface area contributed by atoms with E-state index in [2.05, 4.69) is 25.7 Å². The first-order chi connectivity index (χ1) is 32.2. The Morgan fingerprint density at radius 2 is 1.36 bits per heavy atom. The molecule has 6 rings (SSSR count). The Hall–Kier alpha value is -5.60. The van der Waals surface area contributed by atoms with E-state index in [1.165, 1.54) is 36.4 Å². The van der Waals surface area contributed by atoms with E-state index in [1.807, 2.05) is 32.9 Å². The van der Waals surface area contributed by atoms with E-state index < -0.39 is 62.8 Å². The van der Waals surface area contributed by atoms with Crippen LogP contribution in [0.5, 0.6) is 0 Å². The highest BCUT2D eigenvalue weighted by atomic mass is 32.2. The molecule has 24 heteroatoms. The number of nitrogens with one attached hydrogen (secondary N) is 1. The zero-order chi connectivity index (χ0) is 50.6. The van der Waals surface area contributed by atoms with Crippen molar-refractivity contribution in [3.05, 3.63) is 119 Å². The van der Waals surface area contributed by atoms with Gasteiger partial charge in [-0.3, -0.25) is 13.9 Å². The Morgan fingerprint density at radius 3 is 1.99 bits per heavy atom. The summed E-state index contributed by atoms with van der Waals surface area (Å²) < 4.78 is 140. The van der Waals surface area contributed by atoms with Gasteiger partial charge in [-0.2, -0.15) is 21.4 Å². The monoisotopic (exact) mass is 1030 g/mol. The van der Waals surface area contributed by atoms with E-state index >= 15 is 0 Å². The maximum Gasteiger partial charge on any atom is 0.294 e. The summed E-state index contributed by atoms with van der Waals surface area (Å²) in [7, 11) is -18.4. The van der Waals surface area contributed by atoms with E-state index in [0.29, 0.717) is 70.4 Å². The molecule has 1 aromatic heterocycles. The molecule has 1 atom stereocenters. The fraction of sp³-hybridized carbons (Fsp3) is 0.378. The highest BCUT2D eigenvalue weighted by Gasteiger charge is 2.45.